The summed E-state index contributed by atoms with van der Waals surface area (Å²) in [5, 5.41) is 16.0. The van der Waals surface area contributed by atoms with Crippen LogP contribution < -0.4 is 10.1 Å². The fourth-order valence-corrected chi connectivity index (χ4v) is 4.80. The third-order valence-electron chi connectivity index (χ3n) is 7.02. The number of carbonyl (C=O) groups excluding carboxylic acids is 1. The number of hydrogen-bond acceptors (Lipinski definition) is 4. The van der Waals surface area contributed by atoms with Crippen molar-refractivity contribution in [2.75, 3.05) is 5.32 Å². The Balaban J connectivity index is 1.19. The molecule has 0 unspecified atom stereocenters. The summed E-state index contributed by atoms with van der Waals surface area (Å²) in [5.41, 5.74) is 6.00. The number of fused-ring (bicyclic) bond motifs is 2. The van der Waals surface area contributed by atoms with Crippen LogP contribution in [0.3, 0.4) is 0 Å². The normalized spacial score (nSPS) is 11.0. The van der Waals surface area contributed by atoms with E-state index in [1.165, 1.54) is 11.1 Å². The van der Waals surface area contributed by atoms with Crippen LogP contribution in [0.5, 0.6) is 11.6 Å². The summed E-state index contributed by atoms with van der Waals surface area (Å²) >= 11 is 0. The van der Waals surface area contributed by atoms with E-state index in [4.69, 9.17) is 4.74 Å². The molecule has 1 aromatic heterocycles. The quantitative estimate of drug-likeness (QED) is 0.247. The monoisotopic (exact) mass is 509 g/mol. The van der Waals surface area contributed by atoms with Crippen molar-refractivity contribution in [2.24, 2.45) is 0 Å². The molecule has 1 heterocycles. The molecular weight excluding hydrogens is 482 g/mol. The molecule has 6 rings (SSSR count). The molecular formula is C34H27N3O2. The lowest BCUT2D eigenvalue weighted by Crippen LogP contribution is -2.14. The molecule has 6 aromatic rings. The molecule has 0 aliphatic heterocycles. The molecule has 0 saturated heterocycles. The Morgan fingerprint density at radius 3 is 2.23 bits per heavy atom. The van der Waals surface area contributed by atoms with E-state index in [1.54, 1.807) is 0 Å². The van der Waals surface area contributed by atoms with E-state index in [0.29, 0.717) is 23.7 Å². The molecule has 0 fully saturated rings. The van der Waals surface area contributed by atoms with Gasteiger partial charge in [0.05, 0.1) is 6.42 Å². The van der Waals surface area contributed by atoms with Crippen LogP contribution in [-0.2, 0) is 11.2 Å². The molecule has 39 heavy (non-hydrogen) atoms. The average molecular weight is 510 g/mol. The number of rotatable bonds is 6. The molecule has 0 radical (unpaired) electrons. The Bertz CT molecular complexity index is 1820. The van der Waals surface area contributed by atoms with Gasteiger partial charge in [-0.25, -0.2) is 0 Å². The van der Waals surface area contributed by atoms with Gasteiger partial charge in [-0.1, -0.05) is 72.8 Å². The van der Waals surface area contributed by atoms with Crippen LogP contribution in [0.25, 0.3) is 32.8 Å². The zero-order valence-electron chi connectivity index (χ0n) is 21.8. The van der Waals surface area contributed by atoms with E-state index >= 15 is 0 Å². The van der Waals surface area contributed by atoms with Crippen LogP contribution in [0.2, 0.25) is 0 Å². The maximum Gasteiger partial charge on any atom is 0.246 e. The number of ether oxygens (including phenoxy) is 1. The largest absolute Gasteiger partial charge is 0.437 e. The van der Waals surface area contributed by atoms with Gasteiger partial charge in [0.1, 0.15) is 11.4 Å². The van der Waals surface area contributed by atoms with Gasteiger partial charge in [-0.15, -0.1) is 10.2 Å². The summed E-state index contributed by atoms with van der Waals surface area (Å²) < 4.78 is 6.14. The molecule has 0 aliphatic carbocycles. The molecule has 5 aromatic carbocycles. The molecule has 190 valence electrons. The maximum absolute atomic E-state index is 12.8. The lowest BCUT2D eigenvalue weighted by molar-refractivity contribution is -0.115. The Kier molecular flexibility index (Phi) is 6.47. The number of aromatic nitrogens is 2. The van der Waals surface area contributed by atoms with E-state index in [2.05, 4.69) is 59.7 Å². The van der Waals surface area contributed by atoms with Crippen molar-refractivity contribution >= 4 is 33.1 Å². The number of hydrogen-bond donors (Lipinski definition) is 1. The lowest BCUT2D eigenvalue weighted by atomic mass is 10.0. The Morgan fingerprint density at radius 1 is 0.718 bits per heavy atom. The highest BCUT2D eigenvalue weighted by atomic mass is 16.5. The smallest absolute Gasteiger partial charge is 0.246 e. The van der Waals surface area contributed by atoms with Crippen LogP contribution in [0.1, 0.15) is 16.7 Å². The van der Waals surface area contributed by atoms with Gasteiger partial charge < -0.3 is 10.1 Å². The second-order valence-electron chi connectivity index (χ2n) is 9.69. The van der Waals surface area contributed by atoms with E-state index in [1.807, 2.05) is 78.9 Å². The van der Waals surface area contributed by atoms with E-state index in [-0.39, 0.29) is 5.91 Å². The third-order valence-corrected chi connectivity index (χ3v) is 7.02. The Labute approximate surface area is 227 Å². The van der Waals surface area contributed by atoms with Crippen LogP contribution in [0.15, 0.2) is 109 Å². The molecule has 0 spiro atoms. The van der Waals surface area contributed by atoms with Crippen molar-refractivity contribution in [2.45, 2.75) is 20.3 Å². The van der Waals surface area contributed by atoms with Gasteiger partial charge in [0, 0.05) is 22.0 Å². The first-order valence-electron chi connectivity index (χ1n) is 12.9. The minimum atomic E-state index is -0.0705. The van der Waals surface area contributed by atoms with Crippen molar-refractivity contribution < 1.29 is 9.53 Å². The summed E-state index contributed by atoms with van der Waals surface area (Å²) in [5.74, 6) is 0.977. The van der Waals surface area contributed by atoms with Gasteiger partial charge in [0.15, 0.2) is 0 Å². The maximum atomic E-state index is 12.8. The van der Waals surface area contributed by atoms with Crippen LogP contribution in [0, 0.1) is 13.8 Å². The van der Waals surface area contributed by atoms with Gasteiger partial charge in [-0.2, -0.15) is 0 Å². The Hall–Kier alpha value is -5.03. The zero-order chi connectivity index (χ0) is 26.8. The number of carbonyl (C=O) groups is 1. The van der Waals surface area contributed by atoms with Crippen LogP contribution >= 0.6 is 0 Å². The highest BCUT2D eigenvalue weighted by Crippen LogP contribution is 2.34. The van der Waals surface area contributed by atoms with Gasteiger partial charge in [-0.05, 0) is 77.7 Å². The molecule has 1 N–H and O–H groups in total. The molecule has 0 saturated carbocycles. The summed E-state index contributed by atoms with van der Waals surface area (Å²) in [6.45, 7) is 4.20. The molecule has 0 atom stereocenters. The first-order valence-corrected chi connectivity index (χ1v) is 12.9. The third kappa shape index (κ3) is 5.07. The highest BCUT2D eigenvalue weighted by Gasteiger charge is 2.14. The summed E-state index contributed by atoms with van der Waals surface area (Å²) in [4.78, 5) is 12.8. The van der Waals surface area contributed by atoms with E-state index in [9.17, 15) is 4.79 Å². The number of aryl methyl sites for hydroxylation is 2. The van der Waals surface area contributed by atoms with Crippen molar-refractivity contribution in [1.29, 1.82) is 0 Å². The summed E-state index contributed by atoms with van der Waals surface area (Å²) in [6.07, 6.45) is 0.300. The predicted molar refractivity (Wildman–Crippen MR) is 157 cm³/mol. The van der Waals surface area contributed by atoms with E-state index in [0.717, 1.165) is 38.4 Å². The fraction of sp³-hybridized carbons (Fsp3) is 0.0882. The standard InChI is InChI=1S/C34H27N3O2/c1-22-14-15-26(20-23(22)2)33-30-12-5-6-13-31(30)34(37-36-33)39-28-18-16-27(17-19-28)35-32(38)21-25-10-7-9-24-8-3-4-11-29(24)25/h3-20H,21H2,1-2H3,(H,35,38). The number of benzene rings is 5. The minimum absolute atomic E-state index is 0.0705. The molecule has 0 aliphatic rings. The topological polar surface area (TPSA) is 64.1 Å². The first-order chi connectivity index (χ1) is 19.0. The predicted octanol–water partition coefficient (Wildman–Crippen LogP) is 8.04. The molecule has 1 amide bonds. The second-order valence-corrected chi connectivity index (χ2v) is 9.69. The zero-order valence-corrected chi connectivity index (χ0v) is 21.8. The van der Waals surface area contributed by atoms with Gasteiger partial charge in [0.2, 0.25) is 11.8 Å². The van der Waals surface area contributed by atoms with Crippen LogP contribution in [-0.4, -0.2) is 16.1 Å². The van der Waals surface area contributed by atoms with Crippen molar-refractivity contribution in [3.05, 3.63) is 126 Å². The number of nitrogens with zero attached hydrogens (tertiary/aromatic N) is 2. The summed E-state index contributed by atoms with van der Waals surface area (Å²) in [7, 11) is 0. The number of amides is 1. The SMILES string of the molecule is Cc1ccc(-c2nnc(Oc3ccc(NC(=O)Cc4cccc5ccccc45)cc3)c3ccccc23)cc1C. The van der Waals surface area contributed by atoms with Crippen molar-refractivity contribution in [1.82, 2.24) is 10.2 Å². The number of nitrogens with one attached hydrogen (secondary N) is 1. The molecule has 5 heteroatoms. The van der Waals surface area contributed by atoms with Gasteiger partial charge in [-0.3, -0.25) is 4.79 Å². The van der Waals surface area contributed by atoms with E-state index < -0.39 is 0 Å². The van der Waals surface area contributed by atoms with Gasteiger partial charge in [0.25, 0.3) is 0 Å². The summed E-state index contributed by atoms with van der Waals surface area (Å²) in [6, 6.07) is 35.7. The highest BCUT2D eigenvalue weighted by molar-refractivity contribution is 5.98. The van der Waals surface area contributed by atoms with Crippen molar-refractivity contribution in [3.63, 3.8) is 0 Å². The van der Waals surface area contributed by atoms with Crippen LogP contribution in [0.4, 0.5) is 5.69 Å². The number of anilines is 1. The Morgan fingerprint density at radius 2 is 1.44 bits per heavy atom. The van der Waals surface area contributed by atoms with Crippen molar-refractivity contribution in [3.8, 4) is 22.9 Å². The lowest BCUT2D eigenvalue weighted by Gasteiger charge is -2.12. The molecule has 0 bridgehead atoms. The average Bonchev–Trinajstić information content (AvgIpc) is 2.96. The minimum Gasteiger partial charge on any atom is -0.437 e. The fourth-order valence-electron chi connectivity index (χ4n) is 4.80. The van der Waals surface area contributed by atoms with Gasteiger partial charge >= 0.3 is 0 Å². The molecule has 5 nitrogen and oxygen atoms in total. The second kappa shape index (κ2) is 10.4. The first kappa shape index (κ1) is 24.3.